The van der Waals surface area contributed by atoms with Crippen molar-refractivity contribution >= 4 is 28.8 Å². The van der Waals surface area contributed by atoms with Gasteiger partial charge in [-0.25, -0.2) is 4.98 Å². The van der Waals surface area contributed by atoms with Crippen LogP contribution in [0.5, 0.6) is 5.75 Å². The van der Waals surface area contributed by atoms with E-state index in [4.69, 9.17) is 9.15 Å². The molecule has 0 radical (unpaired) electrons. The summed E-state index contributed by atoms with van der Waals surface area (Å²) < 4.78 is 10.8. The van der Waals surface area contributed by atoms with E-state index in [-0.39, 0.29) is 18.4 Å². The summed E-state index contributed by atoms with van der Waals surface area (Å²) in [6.07, 6.45) is 1.55. The van der Waals surface area contributed by atoms with E-state index in [1.165, 1.54) is 16.2 Å². The van der Waals surface area contributed by atoms with Crippen LogP contribution in [0, 0.1) is 13.8 Å². The number of nitrogens with zero attached hydrogens (tertiary/aromatic N) is 2. The van der Waals surface area contributed by atoms with Gasteiger partial charge in [0.1, 0.15) is 22.4 Å². The monoisotopic (exact) mass is 475 g/mol. The summed E-state index contributed by atoms with van der Waals surface area (Å²) in [5, 5.41) is 3.70. The van der Waals surface area contributed by atoms with Crippen LogP contribution in [-0.2, 0) is 11.3 Å². The van der Waals surface area contributed by atoms with Gasteiger partial charge in [0.05, 0.1) is 30.6 Å². The molecule has 2 aromatic carbocycles. The molecule has 0 unspecified atom stereocenters. The van der Waals surface area contributed by atoms with Crippen molar-refractivity contribution < 1.29 is 18.7 Å². The number of benzene rings is 2. The minimum atomic E-state index is -0.933. The molecule has 1 atom stereocenters. The Morgan fingerprint density at radius 1 is 1.09 bits per heavy atom. The van der Waals surface area contributed by atoms with E-state index in [2.05, 4.69) is 10.3 Å². The minimum Gasteiger partial charge on any atom is -0.497 e. The Kier molecular flexibility index (Phi) is 7.08. The van der Waals surface area contributed by atoms with Crippen molar-refractivity contribution in [2.24, 2.45) is 0 Å². The van der Waals surface area contributed by atoms with Crippen LogP contribution in [0.1, 0.15) is 37.7 Å². The molecule has 4 rings (SSSR count). The number of hydrogen-bond acceptors (Lipinski definition) is 6. The molecular formula is C26H25N3O4S. The van der Waals surface area contributed by atoms with Gasteiger partial charge in [-0.3, -0.25) is 14.5 Å². The third-order valence-corrected chi connectivity index (χ3v) is 6.35. The Bertz CT molecular complexity index is 1270. The summed E-state index contributed by atoms with van der Waals surface area (Å²) >= 11 is 1.31. The number of ether oxygens (including phenoxy) is 1. The Morgan fingerprint density at radius 2 is 1.88 bits per heavy atom. The highest BCUT2D eigenvalue weighted by atomic mass is 32.1. The molecule has 8 heteroatoms. The zero-order chi connectivity index (χ0) is 24.1. The maximum atomic E-state index is 14.0. The maximum absolute atomic E-state index is 14.0. The van der Waals surface area contributed by atoms with Gasteiger partial charge in [-0.15, -0.1) is 11.3 Å². The molecule has 0 aliphatic heterocycles. The van der Waals surface area contributed by atoms with Crippen molar-refractivity contribution in [3.05, 3.63) is 99.9 Å². The number of aryl methyl sites for hydroxylation is 2. The van der Waals surface area contributed by atoms with Crippen molar-refractivity contribution in [1.29, 1.82) is 0 Å². The minimum absolute atomic E-state index is 0.202. The number of hydrogen-bond donors (Lipinski definition) is 1. The second-order valence-electron chi connectivity index (χ2n) is 7.63. The first-order chi connectivity index (χ1) is 16.5. The number of anilines is 1. The highest BCUT2D eigenvalue weighted by molar-refractivity contribution is 7.13. The van der Waals surface area contributed by atoms with E-state index in [1.807, 2.05) is 37.3 Å². The molecule has 0 aliphatic carbocycles. The van der Waals surface area contributed by atoms with Crippen molar-refractivity contribution in [3.63, 3.8) is 0 Å². The van der Waals surface area contributed by atoms with Crippen molar-refractivity contribution in [2.75, 3.05) is 12.0 Å². The first-order valence-corrected chi connectivity index (χ1v) is 11.6. The van der Waals surface area contributed by atoms with Gasteiger partial charge in [0.15, 0.2) is 0 Å². The second kappa shape index (κ2) is 10.4. The predicted molar refractivity (Wildman–Crippen MR) is 131 cm³/mol. The molecule has 0 saturated heterocycles. The topological polar surface area (TPSA) is 84.7 Å². The molecule has 0 bridgehead atoms. The van der Waals surface area contributed by atoms with Crippen molar-refractivity contribution in [3.8, 4) is 5.75 Å². The van der Waals surface area contributed by atoms with Gasteiger partial charge in [-0.2, -0.15) is 0 Å². The quantitative estimate of drug-likeness (QED) is 0.385. The number of thiazole rings is 1. The molecule has 0 aliphatic rings. The van der Waals surface area contributed by atoms with E-state index < -0.39 is 6.04 Å². The highest BCUT2D eigenvalue weighted by Crippen LogP contribution is 2.33. The summed E-state index contributed by atoms with van der Waals surface area (Å²) in [7, 11) is 1.56. The molecule has 0 fully saturated rings. The lowest BCUT2D eigenvalue weighted by atomic mass is 10.0. The molecule has 1 N–H and O–H groups in total. The SMILES string of the molecule is COc1cccc(N(C(=O)c2sc(C)nc2C)[C@H](C(=O)NCc2ccco2)c2ccccc2)c1. The lowest BCUT2D eigenvalue weighted by Gasteiger charge is -2.31. The lowest BCUT2D eigenvalue weighted by Crippen LogP contribution is -2.44. The van der Waals surface area contributed by atoms with Crippen LogP contribution in [0.25, 0.3) is 0 Å². The zero-order valence-electron chi connectivity index (χ0n) is 19.1. The number of rotatable bonds is 8. The fraction of sp³-hybridized carbons (Fsp3) is 0.192. The van der Waals surface area contributed by atoms with Gasteiger partial charge in [-0.05, 0) is 43.7 Å². The normalized spacial score (nSPS) is 11.6. The van der Waals surface area contributed by atoms with E-state index >= 15 is 0 Å². The molecule has 0 saturated carbocycles. The van der Waals surface area contributed by atoms with Gasteiger partial charge in [0, 0.05) is 11.8 Å². The van der Waals surface area contributed by atoms with E-state index in [0.717, 1.165) is 5.01 Å². The van der Waals surface area contributed by atoms with Gasteiger partial charge in [-0.1, -0.05) is 36.4 Å². The van der Waals surface area contributed by atoms with Gasteiger partial charge >= 0.3 is 0 Å². The van der Waals surface area contributed by atoms with E-state index in [9.17, 15) is 9.59 Å². The first-order valence-electron chi connectivity index (χ1n) is 10.7. The van der Waals surface area contributed by atoms with Crippen molar-refractivity contribution in [1.82, 2.24) is 10.3 Å². The van der Waals surface area contributed by atoms with E-state index in [1.54, 1.807) is 56.7 Å². The molecule has 2 amide bonds. The van der Waals surface area contributed by atoms with Crippen LogP contribution < -0.4 is 15.0 Å². The molecule has 174 valence electrons. The lowest BCUT2D eigenvalue weighted by molar-refractivity contribution is -0.122. The smallest absolute Gasteiger partial charge is 0.271 e. The number of methoxy groups -OCH3 is 1. The number of furan rings is 1. The number of amides is 2. The molecule has 0 spiro atoms. The van der Waals surface area contributed by atoms with Crippen LogP contribution in [-0.4, -0.2) is 23.9 Å². The average Bonchev–Trinajstić information content (AvgIpc) is 3.50. The van der Waals surface area contributed by atoms with Crippen LogP contribution in [0.4, 0.5) is 5.69 Å². The molecule has 2 aromatic heterocycles. The second-order valence-corrected chi connectivity index (χ2v) is 8.84. The Morgan fingerprint density at radius 3 is 2.53 bits per heavy atom. The fourth-order valence-corrected chi connectivity index (χ4v) is 4.58. The number of nitrogens with one attached hydrogen (secondary N) is 1. The molecule has 7 nitrogen and oxygen atoms in total. The zero-order valence-corrected chi connectivity index (χ0v) is 20.0. The van der Waals surface area contributed by atoms with Gasteiger partial charge in [0.2, 0.25) is 5.91 Å². The number of carbonyl (C=O) groups is 2. The van der Waals surface area contributed by atoms with Crippen LogP contribution in [0.2, 0.25) is 0 Å². The largest absolute Gasteiger partial charge is 0.497 e. The van der Waals surface area contributed by atoms with Crippen LogP contribution in [0.3, 0.4) is 0 Å². The fourth-order valence-electron chi connectivity index (χ4n) is 3.72. The maximum Gasteiger partial charge on any atom is 0.271 e. The van der Waals surface area contributed by atoms with E-state index in [0.29, 0.717) is 33.3 Å². The predicted octanol–water partition coefficient (Wildman–Crippen LogP) is 5.07. The Hall–Kier alpha value is -3.91. The summed E-state index contributed by atoms with van der Waals surface area (Å²) in [5.41, 5.74) is 1.84. The van der Waals surface area contributed by atoms with Crippen LogP contribution >= 0.6 is 11.3 Å². The highest BCUT2D eigenvalue weighted by Gasteiger charge is 2.35. The number of aromatic nitrogens is 1. The third kappa shape index (κ3) is 5.02. The summed E-state index contributed by atoms with van der Waals surface area (Å²) in [5.74, 6) is 0.555. The summed E-state index contributed by atoms with van der Waals surface area (Å²) in [6.45, 7) is 3.86. The van der Waals surface area contributed by atoms with Gasteiger partial charge in [0.25, 0.3) is 5.91 Å². The number of carbonyl (C=O) groups excluding carboxylic acids is 2. The molecule has 2 heterocycles. The first kappa shape index (κ1) is 23.3. The van der Waals surface area contributed by atoms with Gasteiger partial charge < -0.3 is 14.5 Å². The summed E-state index contributed by atoms with van der Waals surface area (Å²) in [6, 6.07) is 19.0. The Labute approximate surface area is 202 Å². The molecule has 34 heavy (non-hydrogen) atoms. The standard InChI is InChI=1S/C26H25N3O4S/c1-17-24(34-18(2)28-17)26(31)29(20-11-7-12-21(15-20)32-3)23(19-9-5-4-6-10-19)25(30)27-16-22-13-8-14-33-22/h4-15,23H,16H2,1-3H3,(H,27,30)/t23-/m0/s1. The average molecular weight is 476 g/mol. The Balaban J connectivity index is 1.82. The molecular weight excluding hydrogens is 450 g/mol. The summed E-state index contributed by atoms with van der Waals surface area (Å²) in [4.78, 5) is 34.0. The third-order valence-electron chi connectivity index (χ3n) is 5.29. The molecule has 4 aromatic rings. The van der Waals surface area contributed by atoms with Crippen molar-refractivity contribution in [2.45, 2.75) is 26.4 Å². The van der Waals surface area contributed by atoms with Crippen LogP contribution in [0.15, 0.2) is 77.4 Å².